The number of benzene rings is 1. The highest BCUT2D eigenvalue weighted by molar-refractivity contribution is 5.81. The van der Waals surface area contributed by atoms with Gasteiger partial charge in [-0.3, -0.25) is 4.98 Å². The summed E-state index contributed by atoms with van der Waals surface area (Å²) in [6, 6.07) is 11.3. The van der Waals surface area contributed by atoms with Crippen LogP contribution in [0.3, 0.4) is 0 Å². The van der Waals surface area contributed by atoms with Gasteiger partial charge in [0, 0.05) is 12.1 Å². The third kappa shape index (κ3) is 7.35. The molecular weight excluding hydrogens is 348 g/mol. The van der Waals surface area contributed by atoms with Crippen molar-refractivity contribution in [3.8, 4) is 5.75 Å². The maximum Gasteiger partial charge on any atom is 0.408 e. The van der Waals surface area contributed by atoms with Crippen molar-refractivity contribution in [2.75, 3.05) is 0 Å². The van der Waals surface area contributed by atoms with Gasteiger partial charge in [0.2, 0.25) is 0 Å². The molecule has 1 atom stereocenters. The molecule has 1 aromatic carbocycles. The van der Waals surface area contributed by atoms with E-state index >= 15 is 0 Å². The summed E-state index contributed by atoms with van der Waals surface area (Å²) in [5, 5.41) is 11.9. The van der Waals surface area contributed by atoms with Gasteiger partial charge in [0.1, 0.15) is 24.0 Å². The minimum atomic E-state index is -0.972. The first-order valence-electron chi connectivity index (χ1n) is 8.57. The first-order valence-corrected chi connectivity index (χ1v) is 8.57. The van der Waals surface area contributed by atoms with Crippen molar-refractivity contribution in [2.24, 2.45) is 0 Å². The number of pyridine rings is 1. The molecule has 0 fully saturated rings. The highest BCUT2D eigenvalue weighted by Gasteiger charge is 2.26. The summed E-state index contributed by atoms with van der Waals surface area (Å²) < 4.78 is 10.6. The van der Waals surface area contributed by atoms with Gasteiger partial charge in [-0.2, -0.15) is 0 Å². The molecule has 144 valence electrons. The van der Waals surface area contributed by atoms with Gasteiger partial charge < -0.3 is 19.9 Å². The number of amides is 1. The molecule has 7 heteroatoms. The number of nitrogens with one attached hydrogen (secondary N) is 1. The van der Waals surface area contributed by atoms with Crippen molar-refractivity contribution >= 4 is 12.1 Å². The summed E-state index contributed by atoms with van der Waals surface area (Å²) in [7, 11) is 0. The molecule has 1 aromatic heterocycles. The molecule has 0 spiro atoms. The van der Waals surface area contributed by atoms with Crippen LogP contribution in [0.4, 0.5) is 4.79 Å². The molecule has 27 heavy (non-hydrogen) atoms. The van der Waals surface area contributed by atoms with E-state index < -0.39 is 23.7 Å². The van der Waals surface area contributed by atoms with Gasteiger partial charge in [0.15, 0.2) is 0 Å². The summed E-state index contributed by atoms with van der Waals surface area (Å²) in [5.74, 6) is -0.582. The van der Waals surface area contributed by atoms with E-state index in [1.807, 2.05) is 30.3 Å². The Bertz CT molecular complexity index is 754. The van der Waals surface area contributed by atoms with Gasteiger partial charge >= 0.3 is 12.1 Å². The topological polar surface area (TPSA) is 97.8 Å². The number of nitrogens with zero attached hydrogens (tertiary/aromatic N) is 1. The number of ether oxygens (including phenoxy) is 2. The lowest BCUT2D eigenvalue weighted by atomic mass is 10.1. The van der Waals surface area contributed by atoms with Crippen LogP contribution in [-0.2, 0) is 27.3 Å². The van der Waals surface area contributed by atoms with Crippen molar-refractivity contribution in [1.82, 2.24) is 10.3 Å². The number of carbonyl (C=O) groups excluding carboxylic acids is 2. The van der Waals surface area contributed by atoms with Crippen LogP contribution in [-0.4, -0.2) is 33.8 Å². The number of aromatic hydroxyl groups is 1. The van der Waals surface area contributed by atoms with Crippen LogP contribution >= 0.6 is 0 Å². The lowest BCUT2D eigenvalue weighted by Gasteiger charge is -2.23. The van der Waals surface area contributed by atoms with E-state index in [1.165, 1.54) is 12.3 Å². The first kappa shape index (κ1) is 20.2. The zero-order valence-corrected chi connectivity index (χ0v) is 15.6. The third-order valence-electron chi connectivity index (χ3n) is 3.42. The fourth-order valence-corrected chi connectivity index (χ4v) is 2.22. The van der Waals surface area contributed by atoms with Gasteiger partial charge in [-0.05, 0) is 38.5 Å². The Morgan fingerprint density at radius 3 is 2.44 bits per heavy atom. The van der Waals surface area contributed by atoms with Crippen LogP contribution in [0.25, 0.3) is 0 Å². The average molecular weight is 372 g/mol. The monoisotopic (exact) mass is 372 g/mol. The molecule has 0 saturated heterocycles. The number of aromatic nitrogens is 1. The van der Waals surface area contributed by atoms with Gasteiger partial charge in [0.05, 0.1) is 6.20 Å². The Morgan fingerprint density at radius 2 is 1.85 bits per heavy atom. The second kappa shape index (κ2) is 9.02. The normalized spacial score (nSPS) is 12.1. The van der Waals surface area contributed by atoms with Crippen LogP contribution in [0.15, 0.2) is 48.7 Å². The Balaban J connectivity index is 2.06. The van der Waals surface area contributed by atoms with E-state index in [-0.39, 0.29) is 18.8 Å². The number of carbonyl (C=O) groups is 2. The molecule has 0 aliphatic rings. The Kier molecular flexibility index (Phi) is 6.76. The summed E-state index contributed by atoms with van der Waals surface area (Å²) in [6.45, 7) is 5.29. The molecule has 2 N–H and O–H groups in total. The SMILES string of the molecule is CC(C)(C)OC(=O)N[C@@H](Cc1ccc(O)cn1)C(=O)OCc1ccccc1. The molecule has 1 heterocycles. The van der Waals surface area contributed by atoms with E-state index in [0.29, 0.717) is 5.69 Å². The predicted molar refractivity (Wildman–Crippen MR) is 99.0 cm³/mol. The van der Waals surface area contributed by atoms with Crippen molar-refractivity contribution in [3.05, 3.63) is 59.9 Å². The molecule has 0 bridgehead atoms. The maximum atomic E-state index is 12.5. The van der Waals surface area contributed by atoms with Crippen LogP contribution in [0, 0.1) is 0 Å². The van der Waals surface area contributed by atoms with Crippen molar-refractivity contribution in [2.45, 2.75) is 45.4 Å². The molecular formula is C20H24N2O5. The number of hydrogen-bond acceptors (Lipinski definition) is 6. The number of hydrogen-bond donors (Lipinski definition) is 2. The van der Waals surface area contributed by atoms with E-state index in [0.717, 1.165) is 5.56 Å². The number of rotatable bonds is 6. The maximum absolute atomic E-state index is 12.5. The molecule has 1 amide bonds. The quantitative estimate of drug-likeness (QED) is 0.757. The Labute approximate surface area is 158 Å². The van der Waals surface area contributed by atoms with Crippen molar-refractivity contribution in [1.29, 1.82) is 0 Å². The average Bonchev–Trinajstić information content (AvgIpc) is 2.60. The van der Waals surface area contributed by atoms with Gasteiger partial charge in [-0.1, -0.05) is 30.3 Å². The lowest BCUT2D eigenvalue weighted by molar-refractivity contribution is -0.147. The summed E-state index contributed by atoms with van der Waals surface area (Å²) >= 11 is 0. The molecule has 0 saturated carbocycles. The highest BCUT2D eigenvalue weighted by atomic mass is 16.6. The molecule has 0 aliphatic heterocycles. The largest absolute Gasteiger partial charge is 0.506 e. The standard InChI is InChI=1S/C20H24N2O5/c1-20(2,3)27-19(25)22-17(11-15-9-10-16(23)12-21-15)18(24)26-13-14-7-5-4-6-8-14/h4-10,12,17,23H,11,13H2,1-3H3,(H,22,25)/t17-/m0/s1. The summed E-state index contributed by atoms with van der Waals surface area (Å²) in [4.78, 5) is 28.7. The minimum absolute atomic E-state index is 0.0158. The van der Waals surface area contributed by atoms with Crippen LogP contribution < -0.4 is 5.32 Å². The van der Waals surface area contributed by atoms with E-state index in [4.69, 9.17) is 9.47 Å². The van der Waals surface area contributed by atoms with E-state index in [2.05, 4.69) is 10.3 Å². The second-order valence-corrected chi connectivity index (χ2v) is 7.00. The van der Waals surface area contributed by atoms with Gasteiger partial charge in [-0.25, -0.2) is 9.59 Å². The van der Waals surface area contributed by atoms with Crippen LogP contribution in [0.2, 0.25) is 0 Å². The van der Waals surface area contributed by atoms with Crippen molar-refractivity contribution in [3.63, 3.8) is 0 Å². The second-order valence-electron chi connectivity index (χ2n) is 7.00. The first-order chi connectivity index (χ1) is 12.7. The summed E-state index contributed by atoms with van der Waals surface area (Å²) in [5.41, 5.74) is 0.662. The van der Waals surface area contributed by atoms with E-state index in [1.54, 1.807) is 26.8 Å². The number of alkyl carbamates (subject to hydrolysis) is 1. The Hall–Kier alpha value is -3.09. The molecule has 2 rings (SSSR count). The predicted octanol–water partition coefficient (Wildman–Crippen LogP) is 2.97. The Morgan fingerprint density at radius 1 is 1.15 bits per heavy atom. The highest BCUT2D eigenvalue weighted by Crippen LogP contribution is 2.11. The van der Waals surface area contributed by atoms with Crippen LogP contribution in [0.1, 0.15) is 32.0 Å². The fourth-order valence-electron chi connectivity index (χ4n) is 2.22. The van der Waals surface area contributed by atoms with Crippen molar-refractivity contribution < 1.29 is 24.2 Å². The third-order valence-corrected chi connectivity index (χ3v) is 3.42. The fraction of sp³-hybridized carbons (Fsp3) is 0.350. The zero-order valence-electron chi connectivity index (χ0n) is 15.6. The molecule has 0 aliphatic carbocycles. The molecule has 0 unspecified atom stereocenters. The van der Waals surface area contributed by atoms with Gasteiger partial charge in [-0.15, -0.1) is 0 Å². The minimum Gasteiger partial charge on any atom is -0.506 e. The van der Waals surface area contributed by atoms with Crippen LogP contribution in [0.5, 0.6) is 5.75 Å². The summed E-state index contributed by atoms with van der Waals surface area (Å²) in [6.07, 6.45) is 0.658. The molecule has 2 aromatic rings. The zero-order chi connectivity index (χ0) is 19.9. The lowest BCUT2D eigenvalue weighted by Crippen LogP contribution is -2.45. The van der Waals surface area contributed by atoms with E-state index in [9.17, 15) is 14.7 Å². The smallest absolute Gasteiger partial charge is 0.408 e. The molecule has 0 radical (unpaired) electrons. The number of esters is 1. The molecule has 7 nitrogen and oxygen atoms in total. The van der Waals surface area contributed by atoms with Gasteiger partial charge in [0.25, 0.3) is 0 Å².